The highest BCUT2D eigenvalue weighted by molar-refractivity contribution is 6.35. The van der Waals surface area contributed by atoms with Crippen molar-refractivity contribution in [3.05, 3.63) is 94.0 Å². The van der Waals surface area contributed by atoms with Crippen molar-refractivity contribution in [2.24, 2.45) is 5.73 Å². The van der Waals surface area contributed by atoms with Crippen LogP contribution in [0.15, 0.2) is 72.8 Å². The molecule has 0 bridgehead atoms. The van der Waals surface area contributed by atoms with Gasteiger partial charge in [0, 0.05) is 46.8 Å². The summed E-state index contributed by atoms with van der Waals surface area (Å²) in [4.78, 5) is 8.33. The quantitative estimate of drug-likeness (QED) is 0.584. The van der Waals surface area contributed by atoms with E-state index in [9.17, 15) is 0 Å². The second kappa shape index (κ2) is 8.95. The van der Waals surface area contributed by atoms with Crippen molar-refractivity contribution in [1.29, 1.82) is 0 Å². The normalized spacial score (nSPS) is 19.3. The summed E-state index contributed by atoms with van der Waals surface area (Å²) >= 11 is 12.6. The minimum absolute atomic E-state index is 0.0647. The highest BCUT2D eigenvalue weighted by atomic mass is 35.5. The topological polar surface area (TPSA) is 61.0 Å². The molecule has 1 aliphatic carbocycles. The zero-order valence-electron chi connectivity index (χ0n) is 15.8. The molecule has 2 unspecified atom stereocenters. The van der Waals surface area contributed by atoms with E-state index in [1.54, 1.807) is 24.7 Å². The SMILES string of the molecule is NC1CC(COc2ccncc2)=C(c2cccnc2)CC1c1ccc(Cl)cc1Cl. The van der Waals surface area contributed by atoms with Gasteiger partial charge in [-0.3, -0.25) is 9.97 Å². The lowest BCUT2D eigenvalue weighted by Crippen LogP contribution is -2.34. The highest BCUT2D eigenvalue weighted by Gasteiger charge is 2.31. The summed E-state index contributed by atoms with van der Waals surface area (Å²) in [5, 5.41) is 1.28. The van der Waals surface area contributed by atoms with Crippen LogP contribution in [-0.2, 0) is 0 Å². The van der Waals surface area contributed by atoms with E-state index in [-0.39, 0.29) is 12.0 Å². The molecule has 2 heterocycles. The molecule has 4 rings (SSSR count). The maximum Gasteiger partial charge on any atom is 0.122 e. The van der Waals surface area contributed by atoms with Crippen LogP contribution in [0.3, 0.4) is 0 Å². The van der Waals surface area contributed by atoms with Crippen LogP contribution in [0.5, 0.6) is 5.75 Å². The molecule has 29 heavy (non-hydrogen) atoms. The van der Waals surface area contributed by atoms with Crippen molar-refractivity contribution >= 4 is 28.8 Å². The molecule has 0 saturated carbocycles. The molecule has 3 aromatic rings. The number of aromatic nitrogens is 2. The maximum atomic E-state index is 6.61. The number of ether oxygens (including phenoxy) is 1. The summed E-state index contributed by atoms with van der Waals surface area (Å²) < 4.78 is 6.01. The summed E-state index contributed by atoms with van der Waals surface area (Å²) in [6.07, 6.45) is 8.59. The molecule has 0 spiro atoms. The van der Waals surface area contributed by atoms with Crippen molar-refractivity contribution in [2.75, 3.05) is 6.61 Å². The number of pyridine rings is 2. The van der Waals surface area contributed by atoms with E-state index in [1.807, 2.05) is 36.5 Å². The highest BCUT2D eigenvalue weighted by Crippen LogP contribution is 2.42. The largest absolute Gasteiger partial charge is 0.489 e. The molecular weight excluding hydrogens is 405 g/mol. The number of nitrogens with two attached hydrogens (primary N) is 1. The number of nitrogens with zero attached hydrogens (tertiary/aromatic N) is 2. The van der Waals surface area contributed by atoms with Crippen LogP contribution in [-0.4, -0.2) is 22.6 Å². The van der Waals surface area contributed by atoms with Crippen LogP contribution in [0.25, 0.3) is 5.57 Å². The number of hydrogen-bond acceptors (Lipinski definition) is 4. The molecule has 0 saturated heterocycles. The van der Waals surface area contributed by atoms with Crippen LogP contribution in [0.2, 0.25) is 10.0 Å². The smallest absolute Gasteiger partial charge is 0.122 e. The second-order valence-electron chi connectivity index (χ2n) is 7.14. The number of hydrogen-bond donors (Lipinski definition) is 1. The van der Waals surface area contributed by atoms with E-state index < -0.39 is 0 Å². The molecule has 2 aromatic heterocycles. The summed E-state index contributed by atoms with van der Waals surface area (Å²) in [6, 6.07) is 13.3. The van der Waals surface area contributed by atoms with E-state index >= 15 is 0 Å². The maximum absolute atomic E-state index is 6.61. The lowest BCUT2D eigenvalue weighted by atomic mass is 9.75. The van der Waals surface area contributed by atoms with Gasteiger partial charge >= 0.3 is 0 Å². The van der Waals surface area contributed by atoms with Gasteiger partial charge in [-0.15, -0.1) is 0 Å². The Bertz CT molecular complexity index is 1010. The van der Waals surface area contributed by atoms with Crippen molar-refractivity contribution < 1.29 is 4.74 Å². The standard InChI is InChI=1S/C23H21Cl2N3O/c24-17-3-4-19(22(25)11-17)21-12-20(15-2-1-7-28-13-15)16(10-23(21)26)14-29-18-5-8-27-9-6-18/h1-9,11,13,21,23H,10,12,14,26H2. The Balaban J connectivity index is 1.67. The van der Waals surface area contributed by atoms with Crippen LogP contribution in [0.1, 0.15) is 29.9 Å². The van der Waals surface area contributed by atoms with E-state index in [0.29, 0.717) is 16.7 Å². The zero-order chi connectivity index (χ0) is 20.2. The first-order valence-electron chi connectivity index (χ1n) is 9.46. The van der Waals surface area contributed by atoms with Crippen molar-refractivity contribution in [2.45, 2.75) is 24.8 Å². The summed E-state index contributed by atoms with van der Waals surface area (Å²) in [5.74, 6) is 0.883. The molecule has 148 valence electrons. The third-order valence-electron chi connectivity index (χ3n) is 5.28. The summed E-state index contributed by atoms with van der Waals surface area (Å²) in [6.45, 7) is 0.475. The Hall–Kier alpha value is -2.40. The van der Waals surface area contributed by atoms with E-state index in [2.05, 4.69) is 16.0 Å². The van der Waals surface area contributed by atoms with Crippen molar-refractivity contribution in [3.8, 4) is 5.75 Å². The van der Waals surface area contributed by atoms with E-state index in [4.69, 9.17) is 33.7 Å². The first kappa shape index (κ1) is 19.9. The molecule has 0 fully saturated rings. The molecule has 6 heteroatoms. The molecular formula is C23H21Cl2N3O. The van der Waals surface area contributed by atoms with Crippen LogP contribution < -0.4 is 10.5 Å². The Morgan fingerprint density at radius 2 is 1.83 bits per heavy atom. The summed E-state index contributed by atoms with van der Waals surface area (Å²) in [7, 11) is 0. The van der Waals surface area contributed by atoms with Crippen LogP contribution in [0, 0.1) is 0 Å². The Labute approximate surface area is 180 Å². The van der Waals surface area contributed by atoms with Crippen molar-refractivity contribution in [3.63, 3.8) is 0 Å². The van der Waals surface area contributed by atoms with Crippen LogP contribution in [0.4, 0.5) is 0 Å². The minimum Gasteiger partial charge on any atom is -0.489 e. The summed E-state index contributed by atoms with van der Waals surface area (Å²) in [5.41, 5.74) is 11.1. The van der Waals surface area contributed by atoms with Gasteiger partial charge in [0.25, 0.3) is 0 Å². The Morgan fingerprint density at radius 1 is 1.00 bits per heavy atom. The number of benzene rings is 1. The number of allylic oxidation sites excluding steroid dienone is 1. The predicted octanol–water partition coefficient (Wildman–Crippen LogP) is 5.52. The van der Waals surface area contributed by atoms with Gasteiger partial charge in [-0.2, -0.15) is 0 Å². The second-order valence-corrected chi connectivity index (χ2v) is 7.98. The molecule has 4 nitrogen and oxygen atoms in total. The predicted molar refractivity (Wildman–Crippen MR) is 117 cm³/mol. The number of halogens is 2. The van der Waals surface area contributed by atoms with Gasteiger partial charge in [0.05, 0.1) is 0 Å². The molecule has 1 aliphatic rings. The van der Waals surface area contributed by atoms with Gasteiger partial charge in [0.15, 0.2) is 0 Å². The third kappa shape index (κ3) is 4.61. The Kier molecular flexibility index (Phi) is 6.14. The van der Waals surface area contributed by atoms with Gasteiger partial charge < -0.3 is 10.5 Å². The van der Waals surface area contributed by atoms with E-state index in [1.165, 1.54) is 11.1 Å². The molecule has 2 atom stereocenters. The Morgan fingerprint density at radius 3 is 2.55 bits per heavy atom. The van der Waals surface area contributed by atoms with Gasteiger partial charge in [-0.1, -0.05) is 35.3 Å². The van der Waals surface area contributed by atoms with Crippen LogP contribution >= 0.6 is 23.2 Å². The number of rotatable bonds is 5. The fourth-order valence-corrected chi connectivity index (χ4v) is 4.37. The average Bonchev–Trinajstić information content (AvgIpc) is 2.74. The van der Waals surface area contributed by atoms with Crippen molar-refractivity contribution in [1.82, 2.24) is 9.97 Å². The molecule has 1 aromatic carbocycles. The van der Waals surface area contributed by atoms with Gasteiger partial charge in [0.2, 0.25) is 0 Å². The lowest BCUT2D eigenvalue weighted by molar-refractivity contribution is 0.337. The molecule has 0 aliphatic heterocycles. The zero-order valence-corrected chi connectivity index (χ0v) is 17.3. The average molecular weight is 426 g/mol. The van der Waals surface area contributed by atoms with Gasteiger partial charge in [0.1, 0.15) is 12.4 Å². The fourth-order valence-electron chi connectivity index (χ4n) is 3.82. The third-order valence-corrected chi connectivity index (χ3v) is 5.85. The van der Waals surface area contributed by atoms with E-state index in [0.717, 1.165) is 29.7 Å². The lowest BCUT2D eigenvalue weighted by Gasteiger charge is -2.33. The van der Waals surface area contributed by atoms with Gasteiger partial charge in [-0.05, 0) is 65.4 Å². The monoisotopic (exact) mass is 425 g/mol. The molecule has 0 radical (unpaired) electrons. The minimum atomic E-state index is -0.0647. The van der Waals surface area contributed by atoms with Gasteiger partial charge in [-0.25, -0.2) is 0 Å². The molecule has 0 amide bonds. The fraction of sp³-hybridized carbons (Fsp3) is 0.217. The molecule has 2 N–H and O–H groups in total. The first-order chi connectivity index (χ1) is 14.1. The first-order valence-corrected chi connectivity index (χ1v) is 10.2.